The van der Waals surface area contributed by atoms with Gasteiger partial charge in [-0.3, -0.25) is 10.1 Å². The van der Waals surface area contributed by atoms with E-state index in [0.29, 0.717) is 17.8 Å². The molecule has 17 heavy (non-hydrogen) atoms. The van der Waals surface area contributed by atoms with E-state index < -0.39 is 10.5 Å². The van der Waals surface area contributed by atoms with Gasteiger partial charge in [-0.05, 0) is 19.4 Å². The van der Waals surface area contributed by atoms with Crippen LogP contribution >= 0.6 is 0 Å². The van der Waals surface area contributed by atoms with Crippen LogP contribution in [0.1, 0.15) is 20.3 Å². The lowest BCUT2D eigenvalue weighted by atomic mass is 9.99. The fourth-order valence-corrected chi connectivity index (χ4v) is 1.40. The molecular formula is C11H17N3O3. The number of rotatable bonds is 5. The van der Waals surface area contributed by atoms with Crippen LogP contribution in [0.25, 0.3) is 0 Å². The minimum absolute atomic E-state index is 0.0634. The van der Waals surface area contributed by atoms with Crippen LogP contribution < -0.4 is 11.1 Å². The minimum Gasteiger partial charge on any atom is -0.398 e. The summed E-state index contributed by atoms with van der Waals surface area (Å²) < 4.78 is 0. The Morgan fingerprint density at radius 1 is 1.53 bits per heavy atom. The normalized spacial score (nSPS) is 14.1. The zero-order valence-corrected chi connectivity index (χ0v) is 9.93. The number of hydrogen-bond acceptors (Lipinski definition) is 5. The van der Waals surface area contributed by atoms with E-state index in [1.807, 2.05) is 13.8 Å². The number of nitrogens with one attached hydrogen (secondary N) is 1. The number of nitrogens with zero attached hydrogens (tertiary/aromatic N) is 1. The fraction of sp³-hybridized carbons (Fsp3) is 0.455. The fourth-order valence-electron chi connectivity index (χ4n) is 1.40. The number of benzene rings is 1. The molecule has 4 N–H and O–H groups in total. The SMILES string of the molecule is CCC(C)(CO)Nc1cc(N)cc([N+](=O)[O-])c1. The number of aliphatic hydroxyl groups excluding tert-OH is 1. The summed E-state index contributed by atoms with van der Waals surface area (Å²) in [4.78, 5) is 10.2. The predicted octanol–water partition coefficient (Wildman–Crippen LogP) is 1.75. The highest BCUT2D eigenvalue weighted by atomic mass is 16.6. The number of aliphatic hydroxyl groups is 1. The second-order valence-corrected chi connectivity index (χ2v) is 4.27. The van der Waals surface area contributed by atoms with E-state index in [4.69, 9.17) is 5.73 Å². The third kappa shape index (κ3) is 3.32. The van der Waals surface area contributed by atoms with E-state index >= 15 is 0 Å². The van der Waals surface area contributed by atoms with Crippen LogP contribution in [0, 0.1) is 10.1 Å². The summed E-state index contributed by atoms with van der Waals surface area (Å²) in [5.74, 6) is 0. The van der Waals surface area contributed by atoms with Crippen molar-refractivity contribution in [3.05, 3.63) is 28.3 Å². The summed E-state index contributed by atoms with van der Waals surface area (Å²) in [5.41, 5.74) is 5.87. The molecule has 1 rings (SSSR count). The number of nitro groups is 1. The highest BCUT2D eigenvalue weighted by Crippen LogP contribution is 2.25. The average Bonchev–Trinajstić information content (AvgIpc) is 2.28. The molecule has 1 aromatic carbocycles. The average molecular weight is 239 g/mol. The van der Waals surface area contributed by atoms with E-state index in [1.165, 1.54) is 12.1 Å². The Morgan fingerprint density at radius 3 is 2.65 bits per heavy atom. The molecule has 1 aromatic rings. The largest absolute Gasteiger partial charge is 0.398 e. The molecule has 0 heterocycles. The van der Waals surface area contributed by atoms with Gasteiger partial charge in [-0.15, -0.1) is 0 Å². The molecule has 1 unspecified atom stereocenters. The first-order chi connectivity index (χ1) is 7.90. The van der Waals surface area contributed by atoms with E-state index in [0.717, 1.165) is 0 Å². The number of nitrogen functional groups attached to an aromatic ring is 1. The maximum absolute atomic E-state index is 10.7. The molecule has 0 saturated carbocycles. The smallest absolute Gasteiger partial charge is 0.273 e. The molecule has 1 atom stereocenters. The molecular weight excluding hydrogens is 222 g/mol. The van der Waals surface area contributed by atoms with Crippen molar-refractivity contribution in [1.29, 1.82) is 0 Å². The Hall–Kier alpha value is -1.82. The lowest BCUT2D eigenvalue weighted by Gasteiger charge is -2.28. The molecule has 6 nitrogen and oxygen atoms in total. The van der Waals surface area contributed by atoms with E-state index in [1.54, 1.807) is 6.07 Å². The van der Waals surface area contributed by atoms with Crippen LogP contribution in [-0.2, 0) is 0 Å². The molecule has 0 bridgehead atoms. The Labute approximate surface area is 99.6 Å². The zero-order valence-electron chi connectivity index (χ0n) is 9.93. The lowest BCUT2D eigenvalue weighted by Crippen LogP contribution is -2.37. The van der Waals surface area contributed by atoms with Crippen molar-refractivity contribution in [2.24, 2.45) is 0 Å². The maximum atomic E-state index is 10.7. The van der Waals surface area contributed by atoms with Crippen molar-refractivity contribution in [3.8, 4) is 0 Å². The predicted molar refractivity (Wildman–Crippen MR) is 66.9 cm³/mol. The Bertz CT molecular complexity index is 416. The van der Waals surface area contributed by atoms with Gasteiger partial charge < -0.3 is 16.2 Å². The summed E-state index contributed by atoms with van der Waals surface area (Å²) in [5, 5.41) is 23.0. The second kappa shape index (κ2) is 5.01. The number of hydrogen-bond donors (Lipinski definition) is 3. The third-order valence-corrected chi connectivity index (χ3v) is 2.73. The molecule has 0 aliphatic heterocycles. The van der Waals surface area contributed by atoms with E-state index in [-0.39, 0.29) is 12.3 Å². The Morgan fingerprint density at radius 2 is 2.18 bits per heavy atom. The summed E-state index contributed by atoms with van der Waals surface area (Å²) in [6.07, 6.45) is 0.687. The topological polar surface area (TPSA) is 101 Å². The van der Waals surface area contributed by atoms with E-state index in [2.05, 4.69) is 5.32 Å². The highest BCUT2D eigenvalue weighted by Gasteiger charge is 2.21. The molecule has 6 heteroatoms. The van der Waals surface area contributed by atoms with Gasteiger partial charge in [-0.2, -0.15) is 0 Å². The zero-order chi connectivity index (χ0) is 13.1. The highest BCUT2D eigenvalue weighted by molar-refractivity contribution is 5.62. The van der Waals surface area contributed by atoms with Gasteiger partial charge >= 0.3 is 0 Å². The van der Waals surface area contributed by atoms with Crippen molar-refractivity contribution in [3.63, 3.8) is 0 Å². The molecule has 0 aromatic heterocycles. The summed E-state index contributed by atoms with van der Waals surface area (Å²) in [6.45, 7) is 3.69. The first kappa shape index (κ1) is 13.2. The van der Waals surface area contributed by atoms with Gasteiger partial charge in [0.25, 0.3) is 5.69 Å². The van der Waals surface area contributed by atoms with E-state index in [9.17, 15) is 15.2 Å². The quantitative estimate of drug-likeness (QED) is 0.413. The lowest BCUT2D eigenvalue weighted by molar-refractivity contribution is -0.384. The third-order valence-electron chi connectivity index (χ3n) is 2.73. The Kier molecular flexibility index (Phi) is 3.90. The van der Waals surface area contributed by atoms with Crippen LogP contribution in [-0.4, -0.2) is 22.2 Å². The van der Waals surface area contributed by atoms with Crippen LogP contribution in [0.3, 0.4) is 0 Å². The van der Waals surface area contributed by atoms with Crippen molar-refractivity contribution in [2.45, 2.75) is 25.8 Å². The van der Waals surface area contributed by atoms with Gasteiger partial charge in [0.1, 0.15) is 0 Å². The number of nitrogens with two attached hydrogens (primary N) is 1. The summed E-state index contributed by atoms with van der Waals surface area (Å²) in [6, 6.07) is 4.31. The number of anilines is 2. The maximum Gasteiger partial charge on any atom is 0.273 e. The first-order valence-corrected chi connectivity index (χ1v) is 5.34. The Balaban J connectivity index is 3.02. The van der Waals surface area contributed by atoms with Crippen LogP contribution in [0.2, 0.25) is 0 Å². The van der Waals surface area contributed by atoms with Crippen LogP contribution in [0.5, 0.6) is 0 Å². The number of non-ortho nitro benzene ring substituents is 1. The standard InChI is InChI=1S/C11H17N3O3/c1-3-11(2,7-15)13-9-4-8(12)5-10(6-9)14(16)17/h4-6,13,15H,3,7,12H2,1-2H3. The summed E-state index contributed by atoms with van der Waals surface area (Å²) >= 11 is 0. The minimum atomic E-state index is -0.512. The molecule has 94 valence electrons. The van der Waals surface area contributed by atoms with Crippen molar-refractivity contribution < 1.29 is 10.0 Å². The molecule has 0 saturated heterocycles. The number of nitro benzene ring substituents is 1. The van der Waals surface area contributed by atoms with Crippen LogP contribution in [0.4, 0.5) is 17.1 Å². The summed E-state index contributed by atoms with van der Waals surface area (Å²) in [7, 11) is 0. The molecule has 0 spiro atoms. The first-order valence-electron chi connectivity index (χ1n) is 5.34. The monoisotopic (exact) mass is 239 g/mol. The van der Waals surface area contributed by atoms with Crippen LogP contribution in [0.15, 0.2) is 18.2 Å². The van der Waals surface area contributed by atoms with Gasteiger partial charge in [0.05, 0.1) is 17.1 Å². The van der Waals surface area contributed by atoms with Gasteiger partial charge in [-0.1, -0.05) is 6.92 Å². The molecule has 0 aliphatic carbocycles. The second-order valence-electron chi connectivity index (χ2n) is 4.27. The van der Waals surface area contributed by atoms with Gasteiger partial charge in [0.15, 0.2) is 0 Å². The molecule has 0 aliphatic rings. The van der Waals surface area contributed by atoms with Crippen molar-refractivity contribution >= 4 is 17.1 Å². The molecule has 0 radical (unpaired) electrons. The van der Waals surface area contributed by atoms with Crippen molar-refractivity contribution in [1.82, 2.24) is 0 Å². The molecule has 0 fully saturated rings. The van der Waals surface area contributed by atoms with Gasteiger partial charge in [0, 0.05) is 23.5 Å². The van der Waals surface area contributed by atoms with Crippen molar-refractivity contribution in [2.75, 3.05) is 17.7 Å². The van der Waals surface area contributed by atoms with Gasteiger partial charge in [-0.25, -0.2) is 0 Å². The molecule has 0 amide bonds. The van der Waals surface area contributed by atoms with Gasteiger partial charge in [0.2, 0.25) is 0 Å².